The van der Waals surface area contributed by atoms with Crippen LogP contribution in [0.2, 0.25) is 5.02 Å². The molecule has 1 aromatic carbocycles. The minimum absolute atomic E-state index is 0.228. The minimum atomic E-state index is -0.709. The molecule has 0 radical (unpaired) electrons. The number of ether oxygens (including phenoxy) is 1. The van der Waals surface area contributed by atoms with Crippen molar-refractivity contribution in [3.05, 3.63) is 64.7 Å². The summed E-state index contributed by atoms with van der Waals surface area (Å²) in [6, 6.07) is 9.67. The van der Waals surface area contributed by atoms with E-state index in [2.05, 4.69) is 10.6 Å². The summed E-state index contributed by atoms with van der Waals surface area (Å²) < 4.78 is 10.6. The predicted molar refractivity (Wildman–Crippen MR) is 99.0 cm³/mol. The second-order valence-electron chi connectivity index (χ2n) is 5.38. The molecule has 2 heterocycles. The summed E-state index contributed by atoms with van der Waals surface area (Å²) >= 11 is 7.61. The van der Waals surface area contributed by atoms with Crippen LogP contribution in [0.3, 0.4) is 0 Å². The molecule has 26 heavy (non-hydrogen) atoms. The van der Waals surface area contributed by atoms with E-state index < -0.39 is 18.0 Å². The molecule has 0 aliphatic carbocycles. The molecule has 1 atom stereocenters. The smallest absolute Gasteiger partial charge is 0.338 e. The molecule has 0 fully saturated rings. The molecule has 1 aliphatic rings. The fourth-order valence-corrected chi connectivity index (χ4v) is 3.77. The van der Waals surface area contributed by atoms with Crippen molar-refractivity contribution in [2.24, 2.45) is 0 Å². The standard InChI is InChI=1S/C18H17ClN2O4S/c1-2-24-17(22)15-12(10-26-14-8-4-3-6-11(14)19)20-18(23)21-16(15)13-7-5-9-25-13/h3-9,16H,2,10H2,1H3,(H2,20,21,23). The van der Waals surface area contributed by atoms with Gasteiger partial charge in [0.1, 0.15) is 11.8 Å². The molecule has 0 bridgehead atoms. The highest BCUT2D eigenvalue weighted by atomic mass is 35.5. The second kappa shape index (κ2) is 8.33. The normalized spacial score (nSPS) is 16.8. The fourth-order valence-electron chi connectivity index (χ4n) is 2.56. The first-order valence-corrected chi connectivity index (χ1v) is 9.35. The van der Waals surface area contributed by atoms with E-state index in [9.17, 15) is 9.59 Å². The molecule has 2 aromatic rings. The first-order chi connectivity index (χ1) is 12.6. The lowest BCUT2D eigenvalue weighted by Gasteiger charge is -2.27. The van der Waals surface area contributed by atoms with Crippen LogP contribution in [0.4, 0.5) is 4.79 Å². The van der Waals surface area contributed by atoms with Gasteiger partial charge in [0.05, 0.1) is 23.5 Å². The molecule has 2 N–H and O–H groups in total. The Bertz CT molecular complexity index is 835. The lowest BCUT2D eigenvalue weighted by Crippen LogP contribution is -2.46. The van der Waals surface area contributed by atoms with E-state index >= 15 is 0 Å². The number of halogens is 1. The Morgan fingerprint density at radius 3 is 2.81 bits per heavy atom. The highest BCUT2D eigenvalue weighted by Gasteiger charge is 2.35. The number of carbonyl (C=O) groups is 2. The molecule has 0 saturated heterocycles. The summed E-state index contributed by atoms with van der Waals surface area (Å²) in [7, 11) is 0. The molecule has 0 saturated carbocycles. The van der Waals surface area contributed by atoms with Crippen LogP contribution >= 0.6 is 23.4 Å². The molecule has 136 valence electrons. The average molecular weight is 393 g/mol. The van der Waals surface area contributed by atoms with E-state index in [1.807, 2.05) is 18.2 Å². The summed E-state index contributed by atoms with van der Waals surface area (Å²) in [5.41, 5.74) is 0.791. The Kier molecular flexibility index (Phi) is 5.90. The van der Waals surface area contributed by atoms with Gasteiger partial charge in [-0.2, -0.15) is 0 Å². The third kappa shape index (κ3) is 4.05. The number of esters is 1. The molecule has 3 rings (SSSR count). The Morgan fingerprint density at radius 1 is 1.31 bits per heavy atom. The first kappa shape index (κ1) is 18.4. The predicted octanol–water partition coefficient (Wildman–Crippen LogP) is 3.90. The first-order valence-electron chi connectivity index (χ1n) is 7.98. The Hall–Kier alpha value is -2.38. The molecule has 2 amide bonds. The largest absolute Gasteiger partial charge is 0.467 e. The van der Waals surface area contributed by atoms with Crippen LogP contribution in [0.5, 0.6) is 0 Å². The summed E-state index contributed by atoms with van der Waals surface area (Å²) in [6.45, 7) is 1.96. The third-order valence-electron chi connectivity index (χ3n) is 3.69. The number of urea groups is 1. The second-order valence-corrected chi connectivity index (χ2v) is 6.80. The van der Waals surface area contributed by atoms with Crippen LogP contribution in [-0.2, 0) is 9.53 Å². The Morgan fingerprint density at radius 2 is 2.12 bits per heavy atom. The Labute approximate surface area is 159 Å². The monoisotopic (exact) mass is 392 g/mol. The number of thioether (sulfide) groups is 1. The van der Waals surface area contributed by atoms with E-state index in [0.29, 0.717) is 27.8 Å². The summed E-state index contributed by atoms with van der Waals surface area (Å²) in [4.78, 5) is 25.5. The number of hydrogen-bond donors (Lipinski definition) is 2. The van der Waals surface area contributed by atoms with Gasteiger partial charge in [-0.3, -0.25) is 0 Å². The quantitative estimate of drug-likeness (QED) is 0.575. The fraction of sp³-hybridized carbons (Fsp3) is 0.222. The highest BCUT2D eigenvalue weighted by molar-refractivity contribution is 7.99. The van der Waals surface area contributed by atoms with Gasteiger partial charge in [-0.15, -0.1) is 11.8 Å². The van der Waals surface area contributed by atoms with Crippen LogP contribution in [0.15, 0.2) is 63.2 Å². The van der Waals surface area contributed by atoms with Crippen molar-refractivity contribution < 1.29 is 18.7 Å². The third-order valence-corrected chi connectivity index (χ3v) is 5.23. The zero-order valence-corrected chi connectivity index (χ0v) is 15.5. The van der Waals surface area contributed by atoms with Gasteiger partial charge in [-0.25, -0.2) is 9.59 Å². The molecule has 0 spiro atoms. The van der Waals surface area contributed by atoms with Crippen LogP contribution in [0, 0.1) is 0 Å². The van der Waals surface area contributed by atoms with Gasteiger partial charge in [0.25, 0.3) is 0 Å². The minimum Gasteiger partial charge on any atom is -0.467 e. The van der Waals surface area contributed by atoms with Crippen molar-refractivity contribution in [1.29, 1.82) is 0 Å². The average Bonchev–Trinajstić information content (AvgIpc) is 3.15. The van der Waals surface area contributed by atoms with E-state index in [1.54, 1.807) is 25.1 Å². The molecule has 8 heteroatoms. The highest BCUT2D eigenvalue weighted by Crippen LogP contribution is 2.32. The lowest BCUT2D eigenvalue weighted by molar-refractivity contribution is -0.139. The zero-order chi connectivity index (χ0) is 18.5. The molecule has 1 aromatic heterocycles. The van der Waals surface area contributed by atoms with E-state index in [0.717, 1.165) is 4.90 Å². The maximum Gasteiger partial charge on any atom is 0.338 e. The molecule has 1 unspecified atom stereocenters. The van der Waals surface area contributed by atoms with Crippen molar-refractivity contribution in [2.45, 2.75) is 17.9 Å². The summed E-state index contributed by atoms with van der Waals surface area (Å²) in [5, 5.41) is 6.03. The molecule has 6 nitrogen and oxygen atoms in total. The Balaban J connectivity index is 1.94. The van der Waals surface area contributed by atoms with Gasteiger partial charge in [0.15, 0.2) is 0 Å². The van der Waals surface area contributed by atoms with E-state index in [1.165, 1.54) is 18.0 Å². The number of benzene rings is 1. The van der Waals surface area contributed by atoms with Crippen LogP contribution in [-0.4, -0.2) is 24.4 Å². The zero-order valence-electron chi connectivity index (χ0n) is 14.0. The maximum absolute atomic E-state index is 12.6. The van der Waals surface area contributed by atoms with Gasteiger partial charge >= 0.3 is 12.0 Å². The maximum atomic E-state index is 12.6. The summed E-state index contributed by atoms with van der Waals surface area (Å²) in [5.74, 6) is 0.307. The molecule has 1 aliphatic heterocycles. The van der Waals surface area contributed by atoms with Gasteiger partial charge in [-0.05, 0) is 31.2 Å². The van der Waals surface area contributed by atoms with Crippen LogP contribution in [0.1, 0.15) is 18.7 Å². The van der Waals surface area contributed by atoms with Crippen molar-refractivity contribution in [3.63, 3.8) is 0 Å². The van der Waals surface area contributed by atoms with Crippen molar-refractivity contribution in [1.82, 2.24) is 10.6 Å². The summed E-state index contributed by atoms with van der Waals surface area (Å²) in [6.07, 6.45) is 1.49. The number of furan rings is 1. The number of rotatable bonds is 6. The van der Waals surface area contributed by atoms with Crippen LogP contribution < -0.4 is 10.6 Å². The van der Waals surface area contributed by atoms with Gasteiger partial charge < -0.3 is 19.8 Å². The van der Waals surface area contributed by atoms with Gasteiger partial charge in [-0.1, -0.05) is 23.7 Å². The van der Waals surface area contributed by atoms with E-state index in [-0.39, 0.29) is 6.61 Å². The number of carbonyl (C=O) groups excluding carboxylic acids is 2. The van der Waals surface area contributed by atoms with Gasteiger partial charge in [0, 0.05) is 16.3 Å². The van der Waals surface area contributed by atoms with Gasteiger partial charge in [0.2, 0.25) is 0 Å². The van der Waals surface area contributed by atoms with Crippen molar-refractivity contribution in [3.8, 4) is 0 Å². The molecular weight excluding hydrogens is 376 g/mol. The SMILES string of the molecule is CCOC(=O)C1=C(CSc2ccccc2Cl)NC(=O)NC1c1ccco1. The topological polar surface area (TPSA) is 80.6 Å². The lowest BCUT2D eigenvalue weighted by atomic mass is 10.0. The number of hydrogen-bond acceptors (Lipinski definition) is 5. The van der Waals surface area contributed by atoms with Crippen molar-refractivity contribution in [2.75, 3.05) is 12.4 Å². The van der Waals surface area contributed by atoms with Crippen molar-refractivity contribution >= 4 is 35.4 Å². The number of nitrogens with one attached hydrogen (secondary N) is 2. The van der Waals surface area contributed by atoms with E-state index in [4.69, 9.17) is 20.8 Å². The van der Waals surface area contributed by atoms with Crippen LogP contribution in [0.25, 0.3) is 0 Å². The molecular formula is C18H17ClN2O4S. The number of amides is 2.